The van der Waals surface area contributed by atoms with Gasteiger partial charge < -0.3 is 5.32 Å². The number of carbonyl (C=O) groups is 1. The van der Waals surface area contributed by atoms with Gasteiger partial charge in [-0.15, -0.1) is 0 Å². The third kappa shape index (κ3) is 2.94. The van der Waals surface area contributed by atoms with Gasteiger partial charge in [0.2, 0.25) is 5.69 Å². The number of amides is 1. The lowest BCUT2D eigenvalue weighted by Crippen LogP contribution is -2.24. The van der Waals surface area contributed by atoms with E-state index in [1.165, 1.54) is 6.92 Å². The number of aryl methyl sites for hydroxylation is 1. The zero-order valence-corrected chi connectivity index (χ0v) is 11.3. The van der Waals surface area contributed by atoms with Gasteiger partial charge in [0.25, 0.3) is 5.91 Å². The molecule has 0 fully saturated rings. The summed E-state index contributed by atoms with van der Waals surface area (Å²) in [5, 5.41) is 20.1. The fraction of sp³-hybridized carbons (Fsp3) is 0.167. The van der Waals surface area contributed by atoms with E-state index < -0.39 is 10.8 Å². The smallest absolute Gasteiger partial charge is 0.322 e. The van der Waals surface area contributed by atoms with E-state index in [9.17, 15) is 14.9 Å². The van der Waals surface area contributed by atoms with Crippen molar-refractivity contribution in [1.82, 2.24) is 15.5 Å². The van der Waals surface area contributed by atoms with Crippen LogP contribution >= 0.6 is 11.6 Å². The van der Waals surface area contributed by atoms with E-state index in [2.05, 4.69) is 15.5 Å². The molecule has 2 rings (SSSR count). The highest BCUT2D eigenvalue weighted by Crippen LogP contribution is 2.20. The van der Waals surface area contributed by atoms with Gasteiger partial charge in [-0.25, -0.2) is 0 Å². The zero-order chi connectivity index (χ0) is 14.7. The summed E-state index contributed by atoms with van der Waals surface area (Å²) in [6, 6.07) is 6.96. The predicted octanol–water partition coefficient (Wildman–Crippen LogP) is 2.21. The monoisotopic (exact) mass is 294 g/mol. The van der Waals surface area contributed by atoms with E-state index >= 15 is 0 Å². The standard InChI is InChI=1S/C12H11ClN4O3/c1-7-11(17(19)20)10(16-15-7)12(18)14-6-8-3-2-4-9(13)5-8/h2-5H,6H2,1H3,(H,14,18)(H,15,16). The van der Waals surface area contributed by atoms with Gasteiger partial charge in [-0.2, -0.15) is 5.10 Å². The fourth-order valence-corrected chi connectivity index (χ4v) is 1.93. The van der Waals surface area contributed by atoms with Gasteiger partial charge in [0.05, 0.1) is 4.92 Å². The number of hydrogen-bond donors (Lipinski definition) is 2. The summed E-state index contributed by atoms with van der Waals surface area (Å²) < 4.78 is 0. The maximum absolute atomic E-state index is 11.9. The molecule has 0 spiro atoms. The highest BCUT2D eigenvalue weighted by Gasteiger charge is 2.26. The molecule has 0 atom stereocenters. The molecule has 0 unspecified atom stereocenters. The molecule has 104 valence electrons. The molecule has 7 nitrogen and oxygen atoms in total. The van der Waals surface area contributed by atoms with Crippen LogP contribution in [0.4, 0.5) is 5.69 Å². The molecular weight excluding hydrogens is 284 g/mol. The summed E-state index contributed by atoms with van der Waals surface area (Å²) in [5.41, 5.74) is 0.492. The third-order valence-corrected chi connectivity index (χ3v) is 2.89. The Morgan fingerprint density at radius 3 is 2.95 bits per heavy atom. The van der Waals surface area contributed by atoms with Crippen LogP contribution in [-0.2, 0) is 6.54 Å². The Kier molecular flexibility index (Phi) is 3.99. The molecule has 8 heteroatoms. The van der Waals surface area contributed by atoms with Crippen molar-refractivity contribution in [1.29, 1.82) is 0 Å². The summed E-state index contributed by atoms with van der Waals surface area (Å²) in [7, 11) is 0. The minimum atomic E-state index is -0.632. The highest BCUT2D eigenvalue weighted by molar-refractivity contribution is 6.30. The van der Waals surface area contributed by atoms with Crippen LogP contribution in [0.1, 0.15) is 21.7 Å². The molecule has 0 saturated carbocycles. The molecule has 0 saturated heterocycles. The number of nitro groups is 1. The van der Waals surface area contributed by atoms with Gasteiger partial charge in [-0.3, -0.25) is 20.0 Å². The Labute approximate surface area is 119 Å². The molecule has 0 aliphatic carbocycles. The van der Waals surface area contributed by atoms with Crippen LogP contribution in [0.3, 0.4) is 0 Å². The first-order chi connectivity index (χ1) is 9.49. The number of nitrogens with one attached hydrogen (secondary N) is 2. The van der Waals surface area contributed by atoms with Crippen LogP contribution in [0.25, 0.3) is 0 Å². The average molecular weight is 295 g/mol. The van der Waals surface area contributed by atoms with Gasteiger partial charge in [-0.05, 0) is 24.6 Å². The average Bonchev–Trinajstić information content (AvgIpc) is 2.78. The molecule has 1 heterocycles. The number of nitrogens with zero attached hydrogens (tertiary/aromatic N) is 2. The Morgan fingerprint density at radius 1 is 1.55 bits per heavy atom. The molecule has 0 aliphatic heterocycles. The van der Waals surface area contributed by atoms with Crippen molar-refractivity contribution in [3.63, 3.8) is 0 Å². The largest absolute Gasteiger partial charge is 0.346 e. The van der Waals surface area contributed by atoms with Gasteiger partial charge in [0, 0.05) is 11.6 Å². The van der Waals surface area contributed by atoms with Crippen LogP contribution in [0.2, 0.25) is 5.02 Å². The summed E-state index contributed by atoms with van der Waals surface area (Å²) in [4.78, 5) is 22.2. The van der Waals surface area contributed by atoms with E-state index in [-0.39, 0.29) is 23.6 Å². The van der Waals surface area contributed by atoms with Crippen molar-refractivity contribution in [2.45, 2.75) is 13.5 Å². The molecule has 1 aromatic heterocycles. The first kappa shape index (κ1) is 14.0. The van der Waals surface area contributed by atoms with E-state index in [1.54, 1.807) is 24.3 Å². The van der Waals surface area contributed by atoms with Crippen LogP contribution in [-0.4, -0.2) is 21.0 Å². The number of H-pyrrole nitrogens is 1. The number of carbonyl (C=O) groups excluding carboxylic acids is 1. The number of aromatic amines is 1. The molecule has 1 amide bonds. The first-order valence-electron chi connectivity index (χ1n) is 5.71. The first-order valence-corrected chi connectivity index (χ1v) is 6.09. The highest BCUT2D eigenvalue weighted by atomic mass is 35.5. The summed E-state index contributed by atoms with van der Waals surface area (Å²) in [5.74, 6) is -0.610. The van der Waals surface area contributed by atoms with Crippen molar-refractivity contribution >= 4 is 23.2 Å². The second kappa shape index (κ2) is 5.70. The van der Waals surface area contributed by atoms with Crippen molar-refractivity contribution in [3.05, 3.63) is 56.4 Å². The predicted molar refractivity (Wildman–Crippen MR) is 72.6 cm³/mol. The van der Waals surface area contributed by atoms with Crippen LogP contribution in [0.5, 0.6) is 0 Å². The summed E-state index contributed by atoms with van der Waals surface area (Å²) in [6.07, 6.45) is 0. The normalized spacial score (nSPS) is 10.3. The number of rotatable bonds is 4. The van der Waals surface area contributed by atoms with Gasteiger partial charge in [0.1, 0.15) is 5.69 Å². The lowest BCUT2D eigenvalue weighted by atomic mass is 10.2. The van der Waals surface area contributed by atoms with Crippen LogP contribution in [0, 0.1) is 17.0 Å². The lowest BCUT2D eigenvalue weighted by molar-refractivity contribution is -0.385. The minimum absolute atomic E-state index is 0.211. The second-order valence-corrected chi connectivity index (χ2v) is 4.55. The van der Waals surface area contributed by atoms with Gasteiger partial charge >= 0.3 is 5.69 Å². The SMILES string of the molecule is Cc1[nH]nc(C(=O)NCc2cccc(Cl)c2)c1[N+](=O)[O-]. The van der Waals surface area contributed by atoms with Crippen LogP contribution < -0.4 is 5.32 Å². The maximum Gasteiger partial charge on any atom is 0.322 e. The van der Waals surface area contributed by atoms with E-state index in [0.29, 0.717) is 5.02 Å². The quantitative estimate of drug-likeness (QED) is 0.666. The molecule has 1 aromatic carbocycles. The Balaban J connectivity index is 2.11. The maximum atomic E-state index is 11.9. The Morgan fingerprint density at radius 2 is 2.30 bits per heavy atom. The van der Waals surface area contributed by atoms with E-state index in [0.717, 1.165) is 5.56 Å². The Bertz CT molecular complexity index is 668. The topological polar surface area (TPSA) is 101 Å². The van der Waals surface area contributed by atoms with E-state index in [4.69, 9.17) is 11.6 Å². The molecule has 20 heavy (non-hydrogen) atoms. The molecule has 2 N–H and O–H groups in total. The molecule has 0 bridgehead atoms. The molecule has 0 radical (unpaired) electrons. The number of halogens is 1. The van der Waals surface area contributed by atoms with E-state index in [1.807, 2.05) is 0 Å². The summed E-state index contributed by atoms with van der Waals surface area (Å²) in [6.45, 7) is 1.70. The molecule has 2 aromatic rings. The second-order valence-electron chi connectivity index (χ2n) is 4.12. The van der Waals surface area contributed by atoms with Crippen molar-refractivity contribution in [2.24, 2.45) is 0 Å². The fourth-order valence-electron chi connectivity index (χ4n) is 1.72. The third-order valence-electron chi connectivity index (χ3n) is 2.65. The van der Waals surface area contributed by atoms with Gasteiger partial charge in [0.15, 0.2) is 0 Å². The van der Waals surface area contributed by atoms with Crippen molar-refractivity contribution in [3.8, 4) is 0 Å². The number of hydrogen-bond acceptors (Lipinski definition) is 4. The zero-order valence-electron chi connectivity index (χ0n) is 10.5. The van der Waals surface area contributed by atoms with Crippen LogP contribution in [0.15, 0.2) is 24.3 Å². The molecular formula is C12H11ClN4O3. The summed E-state index contributed by atoms with van der Waals surface area (Å²) >= 11 is 5.83. The minimum Gasteiger partial charge on any atom is -0.346 e. The Hall–Kier alpha value is -2.41. The number of aromatic nitrogens is 2. The van der Waals surface area contributed by atoms with Gasteiger partial charge in [-0.1, -0.05) is 23.7 Å². The van der Waals surface area contributed by atoms with Crippen molar-refractivity contribution in [2.75, 3.05) is 0 Å². The van der Waals surface area contributed by atoms with Crippen molar-refractivity contribution < 1.29 is 9.72 Å². The number of benzene rings is 1. The lowest BCUT2D eigenvalue weighted by Gasteiger charge is -2.03. The molecule has 0 aliphatic rings.